The van der Waals surface area contributed by atoms with Gasteiger partial charge in [0.05, 0.1) is 0 Å². The zero-order valence-corrected chi connectivity index (χ0v) is 9.91. The average molecular weight is 212 g/mol. The maximum absolute atomic E-state index is 9.90. The van der Waals surface area contributed by atoms with Crippen LogP contribution in [0.5, 0.6) is 5.75 Å². The molecule has 0 spiro atoms. The van der Waals surface area contributed by atoms with Gasteiger partial charge in [-0.25, -0.2) is 0 Å². The molecule has 0 atom stereocenters. The van der Waals surface area contributed by atoms with Gasteiger partial charge in [-0.3, -0.25) is 0 Å². The van der Waals surface area contributed by atoms with Crippen LogP contribution in [-0.2, 0) is 0 Å². The molecule has 2 rings (SSSR count). The topological polar surface area (TPSA) is 20.2 Å². The molecule has 0 aliphatic carbocycles. The Bertz CT molecular complexity index is 507. The van der Waals surface area contributed by atoms with Gasteiger partial charge < -0.3 is 5.11 Å². The third-order valence-corrected chi connectivity index (χ3v) is 3.05. The second kappa shape index (κ2) is 4.01. The van der Waals surface area contributed by atoms with Crippen LogP contribution in [0.15, 0.2) is 36.4 Å². The lowest BCUT2D eigenvalue weighted by Crippen LogP contribution is -1.87. The number of benzene rings is 2. The highest BCUT2D eigenvalue weighted by atomic mass is 16.3. The van der Waals surface area contributed by atoms with E-state index in [1.54, 1.807) is 6.07 Å². The molecule has 2 aromatic carbocycles. The zero-order chi connectivity index (χ0) is 11.7. The van der Waals surface area contributed by atoms with Gasteiger partial charge in [0.1, 0.15) is 5.75 Å². The van der Waals surface area contributed by atoms with E-state index in [0.717, 1.165) is 16.7 Å². The van der Waals surface area contributed by atoms with Gasteiger partial charge in [-0.05, 0) is 49.1 Å². The van der Waals surface area contributed by atoms with Crippen molar-refractivity contribution in [3.8, 4) is 16.9 Å². The molecule has 0 saturated carbocycles. The van der Waals surface area contributed by atoms with Gasteiger partial charge >= 0.3 is 0 Å². The molecule has 1 heteroatoms. The van der Waals surface area contributed by atoms with Gasteiger partial charge in [-0.1, -0.05) is 30.3 Å². The van der Waals surface area contributed by atoms with Crippen molar-refractivity contribution in [1.82, 2.24) is 0 Å². The summed E-state index contributed by atoms with van der Waals surface area (Å²) in [6.45, 7) is 6.20. The Morgan fingerprint density at radius 3 is 2.19 bits per heavy atom. The number of hydrogen-bond acceptors (Lipinski definition) is 1. The second-order valence-corrected chi connectivity index (χ2v) is 4.27. The number of aryl methyl sites for hydroxylation is 3. The van der Waals surface area contributed by atoms with Crippen molar-refractivity contribution in [2.45, 2.75) is 20.8 Å². The largest absolute Gasteiger partial charge is 0.507 e. The molecular weight excluding hydrogens is 196 g/mol. The lowest BCUT2D eigenvalue weighted by Gasteiger charge is -2.10. The minimum atomic E-state index is 0.350. The van der Waals surface area contributed by atoms with E-state index >= 15 is 0 Å². The van der Waals surface area contributed by atoms with Crippen LogP contribution in [-0.4, -0.2) is 5.11 Å². The van der Waals surface area contributed by atoms with Crippen molar-refractivity contribution in [2.75, 3.05) is 0 Å². The third-order valence-electron chi connectivity index (χ3n) is 3.05. The fraction of sp³-hybridized carbons (Fsp3) is 0.200. The summed E-state index contributed by atoms with van der Waals surface area (Å²) in [5, 5.41) is 9.90. The first kappa shape index (κ1) is 10.7. The number of phenolic OH excluding ortho intramolecular Hbond substituents is 1. The summed E-state index contributed by atoms with van der Waals surface area (Å²) < 4.78 is 0. The van der Waals surface area contributed by atoms with E-state index in [1.165, 1.54) is 11.1 Å². The van der Waals surface area contributed by atoms with E-state index in [9.17, 15) is 5.11 Å². The van der Waals surface area contributed by atoms with E-state index in [-0.39, 0.29) is 0 Å². The van der Waals surface area contributed by atoms with Crippen molar-refractivity contribution in [3.05, 3.63) is 53.1 Å². The highest BCUT2D eigenvalue weighted by Crippen LogP contribution is 2.32. The summed E-state index contributed by atoms with van der Waals surface area (Å²) in [7, 11) is 0. The maximum Gasteiger partial charge on any atom is 0.123 e. The first-order valence-electron chi connectivity index (χ1n) is 5.46. The summed E-state index contributed by atoms with van der Waals surface area (Å²) in [5.41, 5.74) is 5.64. The molecule has 0 bridgehead atoms. The Balaban J connectivity index is 2.63. The van der Waals surface area contributed by atoms with Crippen molar-refractivity contribution in [3.63, 3.8) is 0 Å². The Kier molecular flexibility index (Phi) is 2.69. The summed E-state index contributed by atoms with van der Waals surface area (Å²) in [5.74, 6) is 0.350. The van der Waals surface area contributed by atoms with Crippen LogP contribution in [0, 0.1) is 20.8 Å². The van der Waals surface area contributed by atoms with Gasteiger partial charge in [-0.15, -0.1) is 0 Å². The number of phenols is 1. The number of aromatic hydroxyl groups is 1. The Morgan fingerprint density at radius 2 is 1.56 bits per heavy atom. The SMILES string of the molecule is Cc1ccc(-c2c(C)cccc2O)cc1C. The average Bonchev–Trinajstić information content (AvgIpc) is 2.23. The second-order valence-electron chi connectivity index (χ2n) is 4.27. The molecule has 0 unspecified atom stereocenters. The van der Waals surface area contributed by atoms with E-state index < -0.39 is 0 Å². The van der Waals surface area contributed by atoms with Gasteiger partial charge in [0.25, 0.3) is 0 Å². The Labute approximate surface area is 96.4 Å². The normalized spacial score (nSPS) is 10.4. The standard InChI is InChI=1S/C15H16O/c1-10-7-8-13(9-12(10)3)15-11(2)5-4-6-14(15)16/h4-9,16H,1-3H3. The smallest absolute Gasteiger partial charge is 0.123 e. The molecule has 0 saturated heterocycles. The molecular formula is C15H16O. The molecule has 0 aromatic heterocycles. The minimum Gasteiger partial charge on any atom is -0.507 e. The molecule has 0 amide bonds. The van der Waals surface area contributed by atoms with Crippen LogP contribution in [0.4, 0.5) is 0 Å². The fourth-order valence-corrected chi connectivity index (χ4v) is 1.92. The van der Waals surface area contributed by atoms with E-state index in [2.05, 4.69) is 32.0 Å². The van der Waals surface area contributed by atoms with Crippen LogP contribution >= 0.6 is 0 Å². The van der Waals surface area contributed by atoms with Crippen LogP contribution in [0.3, 0.4) is 0 Å². The zero-order valence-electron chi connectivity index (χ0n) is 9.91. The molecule has 0 heterocycles. The summed E-state index contributed by atoms with van der Waals surface area (Å²) in [6, 6.07) is 11.9. The first-order chi connectivity index (χ1) is 7.59. The van der Waals surface area contributed by atoms with E-state index in [1.807, 2.05) is 19.1 Å². The molecule has 0 aliphatic heterocycles. The number of hydrogen-bond donors (Lipinski definition) is 1. The lowest BCUT2D eigenvalue weighted by atomic mass is 9.96. The molecule has 0 fully saturated rings. The monoisotopic (exact) mass is 212 g/mol. The van der Waals surface area contributed by atoms with Gasteiger partial charge in [-0.2, -0.15) is 0 Å². The van der Waals surface area contributed by atoms with E-state index in [4.69, 9.17) is 0 Å². The van der Waals surface area contributed by atoms with Crippen molar-refractivity contribution >= 4 is 0 Å². The minimum absolute atomic E-state index is 0.350. The highest BCUT2D eigenvalue weighted by Gasteiger charge is 2.07. The van der Waals surface area contributed by atoms with E-state index in [0.29, 0.717) is 5.75 Å². The van der Waals surface area contributed by atoms with Crippen molar-refractivity contribution < 1.29 is 5.11 Å². The summed E-state index contributed by atoms with van der Waals surface area (Å²) in [4.78, 5) is 0. The third kappa shape index (κ3) is 1.81. The predicted octanol–water partition coefficient (Wildman–Crippen LogP) is 3.98. The van der Waals surface area contributed by atoms with Crippen LogP contribution in [0.25, 0.3) is 11.1 Å². The molecule has 2 aromatic rings. The summed E-state index contributed by atoms with van der Waals surface area (Å²) >= 11 is 0. The van der Waals surface area contributed by atoms with Gasteiger partial charge in [0, 0.05) is 5.56 Å². The fourth-order valence-electron chi connectivity index (χ4n) is 1.92. The van der Waals surface area contributed by atoms with Gasteiger partial charge in [0.2, 0.25) is 0 Å². The first-order valence-corrected chi connectivity index (χ1v) is 5.46. The molecule has 1 nitrogen and oxygen atoms in total. The molecule has 0 aliphatic rings. The molecule has 16 heavy (non-hydrogen) atoms. The van der Waals surface area contributed by atoms with Crippen LogP contribution in [0.1, 0.15) is 16.7 Å². The van der Waals surface area contributed by atoms with Crippen molar-refractivity contribution in [2.24, 2.45) is 0 Å². The Morgan fingerprint density at radius 1 is 0.812 bits per heavy atom. The lowest BCUT2D eigenvalue weighted by molar-refractivity contribution is 0.477. The molecule has 0 radical (unpaired) electrons. The highest BCUT2D eigenvalue weighted by molar-refractivity contribution is 5.74. The molecule has 82 valence electrons. The number of rotatable bonds is 1. The van der Waals surface area contributed by atoms with Crippen LogP contribution < -0.4 is 0 Å². The molecule has 1 N–H and O–H groups in total. The predicted molar refractivity (Wildman–Crippen MR) is 67.8 cm³/mol. The van der Waals surface area contributed by atoms with Gasteiger partial charge in [0.15, 0.2) is 0 Å². The quantitative estimate of drug-likeness (QED) is 0.758. The van der Waals surface area contributed by atoms with Crippen LogP contribution in [0.2, 0.25) is 0 Å². The maximum atomic E-state index is 9.90. The Hall–Kier alpha value is -1.76. The summed E-state index contributed by atoms with van der Waals surface area (Å²) in [6.07, 6.45) is 0. The van der Waals surface area contributed by atoms with Crippen molar-refractivity contribution in [1.29, 1.82) is 0 Å².